The molecule has 1 atom stereocenters. The fourth-order valence-corrected chi connectivity index (χ4v) is 3.17. The van der Waals surface area contributed by atoms with Crippen molar-refractivity contribution >= 4 is 5.91 Å². The van der Waals surface area contributed by atoms with Crippen molar-refractivity contribution in [3.63, 3.8) is 0 Å². The quantitative estimate of drug-likeness (QED) is 0.901. The number of carbonyl (C=O) groups is 1. The lowest BCUT2D eigenvalue weighted by atomic mass is 9.87. The van der Waals surface area contributed by atoms with Gasteiger partial charge in [-0.3, -0.25) is 4.79 Å². The Morgan fingerprint density at radius 3 is 2.50 bits per heavy atom. The molecule has 4 heteroatoms. The molecule has 2 nitrogen and oxygen atoms in total. The van der Waals surface area contributed by atoms with Gasteiger partial charge >= 0.3 is 0 Å². The van der Waals surface area contributed by atoms with Crippen molar-refractivity contribution in [2.45, 2.75) is 38.5 Å². The van der Waals surface area contributed by atoms with Gasteiger partial charge in [-0.15, -0.1) is 0 Å². The van der Waals surface area contributed by atoms with Gasteiger partial charge in [0.05, 0.1) is 0 Å². The number of rotatable bonds is 4. The Balaban J connectivity index is 1.83. The number of halogens is 2. The molecule has 2 saturated carbocycles. The van der Waals surface area contributed by atoms with Crippen molar-refractivity contribution in [3.8, 4) is 0 Å². The summed E-state index contributed by atoms with van der Waals surface area (Å²) in [7, 11) is 0. The first kappa shape index (κ1) is 13.5. The average Bonchev–Trinajstić information content (AvgIpc) is 3.24. The second kappa shape index (κ2) is 4.27. The summed E-state index contributed by atoms with van der Waals surface area (Å²) in [5, 5.41) is 2.94. The number of hydrogen-bond donors (Lipinski definition) is 1. The standard InChI is InChI=1S/C16H19F2NO/c1-15(2)8-16(15,9-19-14(20)10-3-4-10)12-6-5-11(17)7-13(12)18/h5-7,10H,3-4,8-9H2,1-2H3,(H,19,20). The molecule has 0 aromatic heterocycles. The average molecular weight is 279 g/mol. The summed E-state index contributed by atoms with van der Waals surface area (Å²) in [4.78, 5) is 11.8. The van der Waals surface area contributed by atoms with E-state index in [1.807, 2.05) is 0 Å². The van der Waals surface area contributed by atoms with Crippen LogP contribution in [-0.4, -0.2) is 12.5 Å². The molecule has 0 heterocycles. The highest BCUT2D eigenvalue weighted by atomic mass is 19.1. The Labute approximate surface area is 117 Å². The van der Waals surface area contributed by atoms with Gasteiger partial charge in [-0.25, -0.2) is 8.78 Å². The summed E-state index contributed by atoms with van der Waals surface area (Å²) in [5.74, 6) is -0.875. The Morgan fingerprint density at radius 1 is 1.35 bits per heavy atom. The molecule has 0 saturated heterocycles. The van der Waals surface area contributed by atoms with Gasteiger partial charge in [0, 0.05) is 23.9 Å². The molecule has 2 aliphatic carbocycles. The second-order valence-corrected chi connectivity index (χ2v) is 6.76. The Hall–Kier alpha value is -1.45. The molecule has 3 rings (SSSR count). The van der Waals surface area contributed by atoms with Crippen LogP contribution in [0.15, 0.2) is 18.2 Å². The van der Waals surface area contributed by atoms with Crippen molar-refractivity contribution in [2.24, 2.45) is 11.3 Å². The van der Waals surface area contributed by atoms with Crippen molar-refractivity contribution in [1.29, 1.82) is 0 Å². The minimum atomic E-state index is -0.568. The van der Waals surface area contributed by atoms with Gasteiger partial charge < -0.3 is 5.32 Å². The van der Waals surface area contributed by atoms with Gasteiger partial charge in [-0.2, -0.15) is 0 Å². The smallest absolute Gasteiger partial charge is 0.223 e. The molecule has 0 spiro atoms. The number of carbonyl (C=O) groups excluding carboxylic acids is 1. The Bertz CT molecular complexity index is 566. The van der Waals surface area contributed by atoms with E-state index in [0.717, 1.165) is 25.3 Å². The molecule has 0 radical (unpaired) electrons. The number of amides is 1. The molecule has 1 unspecified atom stereocenters. The fraction of sp³-hybridized carbons (Fsp3) is 0.562. The van der Waals surface area contributed by atoms with Crippen LogP contribution in [0.2, 0.25) is 0 Å². The first-order valence-electron chi connectivity index (χ1n) is 7.09. The number of nitrogens with one attached hydrogen (secondary N) is 1. The molecule has 2 aliphatic rings. The zero-order valence-corrected chi connectivity index (χ0v) is 11.8. The SMILES string of the molecule is CC1(C)CC1(CNC(=O)C1CC1)c1ccc(F)cc1F. The zero-order valence-electron chi connectivity index (χ0n) is 11.8. The van der Waals surface area contributed by atoms with E-state index in [-0.39, 0.29) is 17.2 Å². The number of benzene rings is 1. The summed E-state index contributed by atoms with van der Waals surface area (Å²) in [5.41, 5.74) is 0.0256. The first-order valence-corrected chi connectivity index (χ1v) is 7.09. The van der Waals surface area contributed by atoms with Gasteiger partial charge in [0.1, 0.15) is 11.6 Å². The van der Waals surface area contributed by atoms with Gasteiger partial charge in [-0.05, 0) is 36.3 Å². The number of hydrogen-bond acceptors (Lipinski definition) is 1. The van der Waals surface area contributed by atoms with Crippen LogP contribution in [0.3, 0.4) is 0 Å². The van der Waals surface area contributed by atoms with Crippen LogP contribution in [0.1, 0.15) is 38.7 Å². The van der Waals surface area contributed by atoms with E-state index in [1.165, 1.54) is 12.1 Å². The summed E-state index contributed by atoms with van der Waals surface area (Å²) in [6, 6.07) is 3.73. The molecule has 1 aromatic rings. The van der Waals surface area contributed by atoms with E-state index < -0.39 is 17.0 Å². The van der Waals surface area contributed by atoms with Gasteiger partial charge in [-0.1, -0.05) is 19.9 Å². The molecule has 1 aromatic carbocycles. The highest BCUT2D eigenvalue weighted by molar-refractivity contribution is 5.81. The molecule has 20 heavy (non-hydrogen) atoms. The van der Waals surface area contributed by atoms with Crippen LogP contribution in [0.5, 0.6) is 0 Å². The van der Waals surface area contributed by atoms with E-state index >= 15 is 0 Å². The first-order chi connectivity index (χ1) is 9.36. The van der Waals surface area contributed by atoms with Crippen molar-refractivity contribution < 1.29 is 13.6 Å². The van der Waals surface area contributed by atoms with Crippen LogP contribution in [-0.2, 0) is 10.2 Å². The van der Waals surface area contributed by atoms with Gasteiger partial charge in [0.25, 0.3) is 0 Å². The highest BCUT2D eigenvalue weighted by Crippen LogP contribution is 2.64. The summed E-state index contributed by atoms with van der Waals surface area (Å²) in [6.45, 7) is 4.54. The van der Waals surface area contributed by atoms with E-state index in [0.29, 0.717) is 12.1 Å². The third kappa shape index (κ3) is 2.11. The van der Waals surface area contributed by atoms with Crippen LogP contribution >= 0.6 is 0 Å². The molecule has 2 fully saturated rings. The predicted octanol–water partition coefficient (Wildman–Crippen LogP) is 3.16. The van der Waals surface area contributed by atoms with E-state index in [9.17, 15) is 13.6 Å². The topological polar surface area (TPSA) is 29.1 Å². The Kier molecular flexibility index (Phi) is 2.89. The lowest BCUT2D eigenvalue weighted by Gasteiger charge is -2.22. The second-order valence-electron chi connectivity index (χ2n) is 6.76. The van der Waals surface area contributed by atoms with E-state index in [2.05, 4.69) is 19.2 Å². The van der Waals surface area contributed by atoms with Crippen LogP contribution in [0, 0.1) is 23.0 Å². The molecular weight excluding hydrogens is 260 g/mol. The third-order valence-electron chi connectivity index (χ3n) is 4.87. The van der Waals surface area contributed by atoms with Crippen molar-refractivity contribution in [2.75, 3.05) is 6.54 Å². The van der Waals surface area contributed by atoms with Crippen molar-refractivity contribution in [3.05, 3.63) is 35.4 Å². The fourth-order valence-electron chi connectivity index (χ4n) is 3.17. The normalized spacial score (nSPS) is 27.2. The maximum atomic E-state index is 14.1. The predicted molar refractivity (Wildman–Crippen MR) is 72.2 cm³/mol. The van der Waals surface area contributed by atoms with E-state index in [4.69, 9.17) is 0 Å². The van der Waals surface area contributed by atoms with Crippen molar-refractivity contribution in [1.82, 2.24) is 5.32 Å². The summed E-state index contributed by atoms with van der Waals surface area (Å²) in [6.07, 6.45) is 2.70. The minimum absolute atomic E-state index is 0.0644. The molecular formula is C16H19F2NO. The lowest BCUT2D eigenvalue weighted by molar-refractivity contribution is -0.122. The van der Waals surface area contributed by atoms with Crippen LogP contribution in [0.4, 0.5) is 8.78 Å². The van der Waals surface area contributed by atoms with Gasteiger partial charge in [0.2, 0.25) is 5.91 Å². The molecule has 108 valence electrons. The largest absolute Gasteiger partial charge is 0.355 e. The lowest BCUT2D eigenvalue weighted by Crippen LogP contribution is -2.36. The van der Waals surface area contributed by atoms with Crippen LogP contribution in [0.25, 0.3) is 0 Å². The van der Waals surface area contributed by atoms with Crippen LogP contribution < -0.4 is 5.32 Å². The van der Waals surface area contributed by atoms with E-state index in [1.54, 1.807) is 0 Å². The molecule has 1 amide bonds. The maximum absolute atomic E-state index is 14.1. The summed E-state index contributed by atoms with van der Waals surface area (Å²) >= 11 is 0. The zero-order chi connectivity index (χ0) is 14.5. The molecule has 0 bridgehead atoms. The minimum Gasteiger partial charge on any atom is -0.355 e. The highest BCUT2D eigenvalue weighted by Gasteiger charge is 2.62. The Morgan fingerprint density at radius 2 is 2.00 bits per heavy atom. The monoisotopic (exact) mass is 279 g/mol. The third-order valence-corrected chi connectivity index (χ3v) is 4.87. The maximum Gasteiger partial charge on any atom is 0.223 e. The molecule has 0 aliphatic heterocycles. The molecule has 1 N–H and O–H groups in total. The summed E-state index contributed by atoms with van der Waals surface area (Å²) < 4.78 is 27.1. The van der Waals surface area contributed by atoms with Gasteiger partial charge in [0.15, 0.2) is 0 Å².